The number of thioether (sulfide) groups is 1. The van der Waals surface area contributed by atoms with Gasteiger partial charge < -0.3 is 19.9 Å². The van der Waals surface area contributed by atoms with E-state index in [4.69, 9.17) is 4.74 Å². The van der Waals surface area contributed by atoms with Crippen molar-refractivity contribution in [3.05, 3.63) is 58.5 Å². The highest BCUT2D eigenvalue weighted by Crippen LogP contribution is 2.42. The molecule has 0 fully saturated rings. The lowest BCUT2D eigenvalue weighted by molar-refractivity contribution is -0.897. The monoisotopic (exact) mass is 468 g/mol. The third kappa shape index (κ3) is 6.39. The van der Waals surface area contributed by atoms with Crippen molar-refractivity contribution < 1.29 is 19.2 Å². The third-order valence-corrected chi connectivity index (χ3v) is 6.96. The molecule has 1 atom stereocenters. The van der Waals surface area contributed by atoms with Crippen LogP contribution in [0, 0.1) is 0 Å². The molecule has 6 nitrogen and oxygen atoms in total. The number of nitrogens with zero attached hydrogens (tertiary/aromatic N) is 1. The Labute approximate surface area is 201 Å². The number of benzene rings is 2. The molecular weight excluding hydrogens is 434 g/mol. The molecule has 0 radical (unpaired) electrons. The second-order valence-corrected chi connectivity index (χ2v) is 9.23. The maximum absolute atomic E-state index is 13.0. The molecule has 0 saturated heterocycles. The normalized spacial score (nSPS) is 15.3. The average Bonchev–Trinajstić information content (AvgIpc) is 2.84. The van der Waals surface area contributed by atoms with Crippen LogP contribution in [0.15, 0.2) is 52.3 Å². The number of carbonyl (C=O) groups excluding carboxylic acids is 2. The van der Waals surface area contributed by atoms with Crippen LogP contribution < -0.4 is 19.9 Å². The minimum atomic E-state index is -0.103. The van der Waals surface area contributed by atoms with E-state index in [9.17, 15) is 9.59 Å². The Morgan fingerprint density at radius 1 is 1.15 bits per heavy atom. The maximum atomic E-state index is 13.0. The molecule has 7 heteroatoms. The first-order valence-corrected chi connectivity index (χ1v) is 12.4. The van der Waals surface area contributed by atoms with Gasteiger partial charge in [-0.25, -0.2) is 0 Å². The van der Waals surface area contributed by atoms with Crippen LogP contribution >= 0.6 is 11.8 Å². The SMILES string of the molecule is CCCC[NH+](CC)CCNC(=O)c1ccc2c(c1)N(C)C(=O)C(=Cc1ccc(OC)cc1)S2. The summed E-state index contributed by atoms with van der Waals surface area (Å²) in [5.74, 6) is 0.589. The van der Waals surface area contributed by atoms with Gasteiger partial charge in [0.15, 0.2) is 0 Å². The summed E-state index contributed by atoms with van der Waals surface area (Å²) in [7, 11) is 3.38. The zero-order valence-corrected chi connectivity index (χ0v) is 20.8. The Morgan fingerprint density at radius 2 is 1.91 bits per heavy atom. The summed E-state index contributed by atoms with van der Waals surface area (Å²) < 4.78 is 5.20. The van der Waals surface area contributed by atoms with Gasteiger partial charge in [-0.2, -0.15) is 0 Å². The van der Waals surface area contributed by atoms with Crippen LogP contribution in [-0.4, -0.2) is 52.2 Å². The Balaban J connectivity index is 1.68. The van der Waals surface area contributed by atoms with E-state index >= 15 is 0 Å². The fourth-order valence-corrected chi connectivity index (χ4v) is 4.84. The molecule has 176 valence electrons. The molecule has 2 aromatic carbocycles. The van der Waals surface area contributed by atoms with E-state index < -0.39 is 0 Å². The highest BCUT2D eigenvalue weighted by molar-refractivity contribution is 8.04. The summed E-state index contributed by atoms with van der Waals surface area (Å²) in [6.07, 6.45) is 4.27. The smallest absolute Gasteiger partial charge is 0.264 e. The van der Waals surface area contributed by atoms with E-state index in [0.717, 1.165) is 41.5 Å². The number of likely N-dealkylation sites (N-methyl/N-ethyl adjacent to an activating group) is 2. The van der Waals surface area contributed by atoms with Gasteiger partial charge in [-0.15, -0.1) is 0 Å². The molecule has 2 amide bonds. The summed E-state index contributed by atoms with van der Waals surface area (Å²) in [6.45, 7) is 8.13. The number of nitrogens with one attached hydrogen (secondary N) is 2. The lowest BCUT2D eigenvalue weighted by atomic mass is 10.1. The van der Waals surface area contributed by atoms with Crippen molar-refractivity contribution in [1.29, 1.82) is 0 Å². The average molecular weight is 469 g/mol. The van der Waals surface area contributed by atoms with Gasteiger partial charge in [-0.1, -0.05) is 37.2 Å². The van der Waals surface area contributed by atoms with E-state index in [1.807, 2.05) is 42.5 Å². The van der Waals surface area contributed by atoms with Crippen LogP contribution in [0.4, 0.5) is 5.69 Å². The van der Waals surface area contributed by atoms with Gasteiger partial charge in [0, 0.05) is 17.5 Å². The molecule has 3 rings (SSSR count). The highest BCUT2D eigenvalue weighted by atomic mass is 32.2. The van der Waals surface area contributed by atoms with Crippen molar-refractivity contribution in [2.75, 3.05) is 45.2 Å². The first-order chi connectivity index (χ1) is 16.0. The molecule has 33 heavy (non-hydrogen) atoms. The van der Waals surface area contributed by atoms with E-state index in [0.29, 0.717) is 17.0 Å². The van der Waals surface area contributed by atoms with Crippen LogP contribution in [-0.2, 0) is 4.79 Å². The third-order valence-electron chi connectivity index (χ3n) is 5.88. The Kier molecular flexibility index (Phi) is 8.97. The molecule has 1 aliphatic rings. The molecule has 0 bridgehead atoms. The van der Waals surface area contributed by atoms with E-state index in [1.165, 1.54) is 29.5 Å². The van der Waals surface area contributed by atoms with Crippen molar-refractivity contribution in [2.45, 2.75) is 31.6 Å². The predicted octanol–water partition coefficient (Wildman–Crippen LogP) is 3.24. The first-order valence-electron chi connectivity index (χ1n) is 11.5. The van der Waals surface area contributed by atoms with Crippen molar-refractivity contribution in [2.24, 2.45) is 0 Å². The lowest BCUT2D eigenvalue weighted by Crippen LogP contribution is -3.12. The van der Waals surface area contributed by atoms with Gasteiger partial charge in [-0.05, 0) is 55.3 Å². The van der Waals surface area contributed by atoms with Gasteiger partial charge >= 0.3 is 0 Å². The molecule has 0 saturated carbocycles. The minimum absolute atomic E-state index is 0.0843. The van der Waals surface area contributed by atoms with Crippen molar-refractivity contribution in [1.82, 2.24) is 5.32 Å². The van der Waals surface area contributed by atoms with Gasteiger partial charge in [0.25, 0.3) is 11.8 Å². The van der Waals surface area contributed by atoms with Crippen molar-refractivity contribution >= 4 is 35.3 Å². The van der Waals surface area contributed by atoms with Gasteiger partial charge in [0.05, 0.1) is 43.9 Å². The first kappa shape index (κ1) is 24.9. The van der Waals surface area contributed by atoms with E-state index in [-0.39, 0.29) is 11.8 Å². The zero-order chi connectivity index (χ0) is 23.8. The zero-order valence-electron chi connectivity index (χ0n) is 19.9. The standard InChI is InChI=1S/C26H33N3O3S/c1-5-7-15-29(6-2)16-14-27-25(30)20-10-13-23-22(18-20)28(3)26(31)24(33-23)17-19-8-11-21(32-4)12-9-19/h8-13,17-18H,5-7,14-16H2,1-4H3,(H,27,30)/p+1. The quantitative estimate of drug-likeness (QED) is 0.526. The minimum Gasteiger partial charge on any atom is -0.497 e. The van der Waals surface area contributed by atoms with E-state index in [1.54, 1.807) is 25.1 Å². The second-order valence-electron chi connectivity index (χ2n) is 8.14. The second kappa shape index (κ2) is 11.9. The number of carbonyl (C=O) groups is 2. The molecule has 2 aromatic rings. The van der Waals surface area contributed by atoms with Gasteiger partial charge in [-0.3, -0.25) is 9.59 Å². The number of amides is 2. The number of hydrogen-bond acceptors (Lipinski definition) is 4. The number of methoxy groups -OCH3 is 1. The molecular formula is C26H34N3O3S+. The Morgan fingerprint density at radius 3 is 2.58 bits per heavy atom. The van der Waals surface area contributed by atoms with Crippen LogP contribution in [0.2, 0.25) is 0 Å². The highest BCUT2D eigenvalue weighted by Gasteiger charge is 2.27. The molecule has 0 aromatic heterocycles. The van der Waals surface area contributed by atoms with Crippen LogP contribution in [0.3, 0.4) is 0 Å². The van der Waals surface area contributed by atoms with Crippen LogP contribution in [0.25, 0.3) is 6.08 Å². The number of rotatable bonds is 10. The number of anilines is 1. The van der Waals surface area contributed by atoms with Gasteiger partial charge in [0.2, 0.25) is 0 Å². The van der Waals surface area contributed by atoms with E-state index in [2.05, 4.69) is 19.2 Å². The van der Waals surface area contributed by atoms with Crippen LogP contribution in [0.5, 0.6) is 5.75 Å². The fourth-order valence-electron chi connectivity index (χ4n) is 3.75. The Hall–Kier alpha value is -2.77. The molecule has 1 aliphatic heterocycles. The summed E-state index contributed by atoms with van der Waals surface area (Å²) in [4.78, 5) is 30.4. The molecule has 0 spiro atoms. The number of hydrogen-bond donors (Lipinski definition) is 2. The lowest BCUT2D eigenvalue weighted by Gasteiger charge is -2.27. The molecule has 1 heterocycles. The fraction of sp³-hybridized carbons (Fsp3) is 0.385. The molecule has 1 unspecified atom stereocenters. The van der Waals surface area contributed by atoms with Gasteiger partial charge in [0.1, 0.15) is 5.75 Å². The van der Waals surface area contributed by atoms with Crippen LogP contribution in [0.1, 0.15) is 42.6 Å². The summed E-state index contributed by atoms with van der Waals surface area (Å²) in [5, 5.41) is 3.03. The summed E-state index contributed by atoms with van der Waals surface area (Å²) >= 11 is 1.43. The number of fused-ring (bicyclic) bond motifs is 1. The largest absolute Gasteiger partial charge is 0.497 e. The maximum Gasteiger partial charge on any atom is 0.264 e. The predicted molar refractivity (Wildman–Crippen MR) is 135 cm³/mol. The topological polar surface area (TPSA) is 63.1 Å². The summed E-state index contributed by atoms with van der Waals surface area (Å²) in [6, 6.07) is 13.2. The molecule has 0 aliphatic carbocycles. The Bertz CT molecular complexity index is 1000. The van der Waals surface area contributed by atoms with Crippen molar-refractivity contribution in [3.8, 4) is 5.75 Å². The number of unbranched alkanes of at least 4 members (excludes halogenated alkanes) is 1. The number of quaternary nitrogens is 1. The summed E-state index contributed by atoms with van der Waals surface area (Å²) in [5.41, 5.74) is 2.26. The molecule has 2 N–H and O–H groups in total. The number of ether oxygens (including phenoxy) is 1. The van der Waals surface area contributed by atoms with Crippen molar-refractivity contribution in [3.63, 3.8) is 0 Å².